The molecule has 2 saturated heterocycles. The van der Waals surface area contributed by atoms with E-state index in [1.54, 1.807) is 15.9 Å². The van der Waals surface area contributed by atoms with Gasteiger partial charge in [0, 0.05) is 63.7 Å². The van der Waals surface area contributed by atoms with Gasteiger partial charge < -0.3 is 14.7 Å². The second-order valence-corrected chi connectivity index (χ2v) is 10.0. The van der Waals surface area contributed by atoms with Crippen LogP contribution in [0, 0.1) is 5.92 Å². The molecule has 0 aliphatic carbocycles. The molecule has 9 heteroatoms. The van der Waals surface area contributed by atoms with Crippen molar-refractivity contribution in [2.45, 2.75) is 26.7 Å². The van der Waals surface area contributed by atoms with Gasteiger partial charge in [-0.15, -0.1) is 0 Å². The summed E-state index contributed by atoms with van der Waals surface area (Å²) in [5.74, 6) is -0.0197. The lowest BCUT2D eigenvalue weighted by Crippen LogP contribution is -2.53. The van der Waals surface area contributed by atoms with E-state index in [0.717, 1.165) is 5.56 Å². The van der Waals surface area contributed by atoms with E-state index in [-0.39, 0.29) is 17.9 Å². The molecule has 2 heterocycles. The van der Waals surface area contributed by atoms with E-state index in [4.69, 9.17) is 0 Å². The van der Waals surface area contributed by atoms with Crippen molar-refractivity contribution >= 4 is 28.0 Å². The zero-order valence-corrected chi connectivity index (χ0v) is 19.8. The fraction of sp³-hybridized carbons (Fsp3) is 0.565. The maximum Gasteiger partial charge on any atom is 0.319 e. The number of carbonyl (C=O) groups excluding carboxylic acids is 2. The van der Waals surface area contributed by atoms with Crippen LogP contribution >= 0.6 is 0 Å². The number of carbonyl (C=O) groups is 2. The van der Waals surface area contributed by atoms with Crippen molar-refractivity contribution < 1.29 is 18.0 Å². The first-order valence-electron chi connectivity index (χ1n) is 11.4. The predicted octanol–water partition coefficient (Wildman–Crippen LogP) is 2.31. The highest BCUT2D eigenvalue weighted by Crippen LogP contribution is 2.22. The molecule has 8 nitrogen and oxygen atoms in total. The molecular weight excluding hydrogens is 428 g/mol. The van der Waals surface area contributed by atoms with Crippen LogP contribution in [0.5, 0.6) is 0 Å². The van der Waals surface area contributed by atoms with Crippen LogP contribution in [0.15, 0.2) is 35.7 Å². The molecule has 0 unspecified atom stereocenters. The Bertz CT molecular complexity index is 899. The molecule has 32 heavy (non-hydrogen) atoms. The number of amides is 3. The van der Waals surface area contributed by atoms with Gasteiger partial charge in [-0.3, -0.25) is 4.79 Å². The molecule has 0 aromatic heterocycles. The standard InChI is InChI=1S/C23H34N4O4S/c1-3-24(4-2)23(29)26-13-10-21(11-14-26)22(28)25-15-17-27(18-16-25)32(30,31)19-12-20-8-6-5-7-9-20/h5-9,12,19,21H,3-4,10-11,13-18H2,1-2H3/b19-12+. The predicted molar refractivity (Wildman–Crippen MR) is 125 cm³/mol. The van der Waals surface area contributed by atoms with Crippen LogP contribution in [0.25, 0.3) is 6.08 Å². The van der Waals surface area contributed by atoms with Crippen molar-refractivity contribution in [3.63, 3.8) is 0 Å². The summed E-state index contributed by atoms with van der Waals surface area (Å²) >= 11 is 0. The molecule has 176 valence electrons. The summed E-state index contributed by atoms with van der Waals surface area (Å²) in [6.45, 7) is 7.87. The molecule has 1 aromatic carbocycles. The Morgan fingerprint density at radius 1 is 0.938 bits per heavy atom. The lowest BCUT2D eigenvalue weighted by molar-refractivity contribution is -0.138. The summed E-state index contributed by atoms with van der Waals surface area (Å²) in [5, 5.41) is 1.24. The van der Waals surface area contributed by atoms with E-state index in [0.29, 0.717) is 65.2 Å². The number of hydrogen-bond donors (Lipinski definition) is 0. The van der Waals surface area contributed by atoms with Crippen molar-refractivity contribution in [1.29, 1.82) is 0 Å². The zero-order chi connectivity index (χ0) is 23.1. The molecule has 0 atom stereocenters. The van der Waals surface area contributed by atoms with Gasteiger partial charge in [0.25, 0.3) is 0 Å². The van der Waals surface area contributed by atoms with E-state index in [1.807, 2.05) is 49.1 Å². The van der Waals surface area contributed by atoms with Gasteiger partial charge >= 0.3 is 6.03 Å². The van der Waals surface area contributed by atoms with Crippen LogP contribution in [0.1, 0.15) is 32.3 Å². The molecule has 0 radical (unpaired) electrons. The number of rotatable bonds is 6. The van der Waals surface area contributed by atoms with Gasteiger partial charge in [-0.05, 0) is 38.3 Å². The summed E-state index contributed by atoms with van der Waals surface area (Å²) in [6.07, 6.45) is 2.91. The van der Waals surface area contributed by atoms with Gasteiger partial charge in [-0.25, -0.2) is 13.2 Å². The van der Waals surface area contributed by atoms with Crippen molar-refractivity contribution in [3.8, 4) is 0 Å². The van der Waals surface area contributed by atoms with Crippen molar-refractivity contribution in [3.05, 3.63) is 41.3 Å². The lowest BCUT2D eigenvalue weighted by Gasteiger charge is -2.38. The Hall–Kier alpha value is -2.39. The third-order valence-electron chi connectivity index (χ3n) is 6.29. The molecule has 3 amide bonds. The Morgan fingerprint density at radius 2 is 1.53 bits per heavy atom. The van der Waals surface area contributed by atoms with Crippen LogP contribution < -0.4 is 0 Å². The quantitative estimate of drug-likeness (QED) is 0.650. The minimum absolute atomic E-state index is 0.0447. The van der Waals surface area contributed by atoms with E-state index >= 15 is 0 Å². The normalized spacial score (nSPS) is 18.8. The van der Waals surface area contributed by atoms with Gasteiger partial charge in [0.1, 0.15) is 0 Å². The minimum Gasteiger partial charge on any atom is -0.340 e. The summed E-state index contributed by atoms with van der Waals surface area (Å²) in [5.41, 5.74) is 0.829. The molecule has 0 spiro atoms. The number of urea groups is 1. The molecule has 2 aliphatic rings. The first kappa shape index (κ1) is 24.3. The number of piperazine rings is 1. The van der Waals surface area contributed by atoms with Gasteiger partial charge in [0.15, 0.2) is 0 Å². The molecule has 2 aliphatic heterocycles. The van der Waals surface area contributed by atoms with Crippen molar-refractivity contribution in [1.82, 2.24) is 19.0 Å². The maximum atomic E-state index is 13.0. The Morgan fingerprint density at radius 3 is 2.09 bits per heavy atom. The number of likely N-dealkylation sites (tertiary alicyclic amines) is 1. The first-order chi connectivity index (χ1) is 15.4. The molecule has 2 fully saturated rings. The summed E-state index contributed by atoms with van der Waals surface area (Å²) in [7, 11) is -3.52. The fourth-order valence-corrected chi connectivity index (χ4v) is 5.42. The highest BCUT2D eigenvalue weighted by Gasteiger charge is 2.34. The summed E-state index contributed by atoms with van der Waals surface area (Å²) < 4.78 is 26.7. The number of benzene rings is 1. The van der Waals surface area contributed by atoms with Gasteiger partial charge in [-0.2, -0.15) is 4.31 Å². The molecular formula is C23H34N4O4S. The number of hydrogen-bond acceptors (Lipinski definition) is 4. The van der Waals surface area contributed by atoms with Crippen LogP contribution in [0.4, 0.5) is 4.79 Å². The average Bonchev–Trinajstić information content (AvgIpc) is 2.84. The van der Waals surface area contributed by atoms with E-state index < -0.39 is 10.0 Å². The van der Waals surface area contributed by atoms with Crippen LogP contribution in [-0.4, -0.2) is 91.7 Å². The number of piperidine rings is 1. The lowest BCUT2D eigenvalue weighted by atomic mass is 9.95. The third-order valence-corrected chi connectivity index (χ3v) is 7.86. The van der Waals surface area contributed by atoms with Gasteiger partial charge in [-0.1, -0.05) is 30.3 Å². The largest absolute Gasteiger partial charge is 0.340 e. The third kappa shape index (κ3) is 5.89. The Kier molecular flexibility index (Phi) is 8.31. The molecule has 3 rings (SSSR count). The molecule has 0 bridgehead atoms. The second kappa shape index (κ2) is 11.0. The maximum absolute atomic E-state index is 13.0. The van der Waals surface area contributed by atoms with Gasteiger partial charge in [0.2, 0.25) is 15.9 Å². The Labute approximate surface area is 191 Å². The Balaban J connectivity index is 1.48. The van der Waals surface area contributed by atoms with Crippen LogP contribution in [0.2, 0.25) is 0 Å². The number of nitrogens with zero attached hydrogens (tertiary/aromatic N) is 4. The molecule has 0 saturated carbocycles. The SMILES string of the molecule is CCN(CC)C(=O)N1CCC(C(=O)N2CCN(S(=O)(=O)/C=C/c3ccccc3)CC2)CC1. The zero-order valence-electron chi connectivity index (χ0n) is 19.0. The topological polar surface area (TPSA) is 81.2 Å². The molecule has 1 aromatic rings. The fourth-order valence-electron chi connectivity index (χ4n) is 4.25. The highest BCUT2D eigenvalue weighted by atomic mass is 32.2. The van der Waals surface area contributed by atoms with Crippen LogP contribution in [0.3, 0.4) is 0 Å². The molecule has 0 N–H and O–H groups in total. The summed E-state index contributed by atoms with van der Waals surface area (Å²) in [6, 6.07) is 9.35. The smallest absolute Gasteiger partial charge is 0.319 e. The minimum atomic E-state index is -3.52. The second-order valence-electron chi connectivity index (χ2n) is 8.20. The monoisotopic (exact) mass is 462 g/mol. The summed E-state index contributed by atoms with van der Waals surface area (Å²) in [4.78, 5) is 30.9. The van der Waals surface area contributed by atoms with Crippen molar-refractivity contribution in [2.75, 3.05) is 52.4 Å². The van der Waals surface area contributed by atoms with Crippen LogP contribution in [-0.2, 0) is 14.8 Å². The highest BCUT2D eigenvalue weighted by molar-refractivity contribution is 7.92. The average molecular weight is 463 g/mol. The first-order valence-corrected chi connectivity index (χ1v) is 12.9. The van der Waals surface area contributed by atoms with E-state index in [9.17, 15) is 18.0 Å². The number of sulfonamides is 1. The van der Waals surface area contributed by atoms with Gasteiger partial charge in [0.05, 0.1) is 0 Å². The van der Waals surface area contributed by atoms with E-state index in [1.165, 1.54) is 9.71 Å². The van der Waals surface area contributed by atoms with Crippen molar-refractivity contribution in [2.24, 2.45) is 5.92 Å². The van der Waals surface area contributed by atoms with E-state index in [2.05, 4.69) is 0 Å².